The number of alkyl carbamates (subject to hydrolysis) is 1. The highest BCUT2D eigenvalue weighted by Gasteiger charge is 2.28. The van der Waals surface area contributed by atoms with Crippen LogP contribution in [0.1, 0.15) is 48.5 Å². The van der Waals surface area contributed by atoms with Crippen LogP contribution in [0.25, 0.3) is 0 Å². The summed E-state index contributed by atoms with van der Waals surface area (Å²) in [5, 5.41) is 6.15. The summed E-state index contributed by atoms with van der Waals surface area (Å²) in [5.41, 5.74) is -0.531. The lowest BCUT2D eigenvalue weighted by Crippen LogP contribution is -2.56. The molecule has 0 aromatic rings. The number of carbonyl (C=O) groups excluding carboxylic acids is 2. The van der Waals surface area contributed by atoms with Crippen molar-refractivity contribution >= 4 is 12.0 Å². The molecule has 0 aliphatic heterocycles. The molecule has 0 rings (SSSR count). The van der Waals surface area contributed by atoms with Crippen molar-refractivity contribution in [2.24, 2.45) is 5.92 Å². The first-order valence-electron chi connectivity index (χ1n) is 7.82. The second kappa shape index (κ2) is 8.36. The van der Waals surface area contributed by atoms with Crippen LogP contribution in [-0.4, -0.2) is 54.7 Å². The van der Waals surface area contributed by atoms with Crippen molar-refractivity contribution in [2.45, 2.75) is 72.2 Å². The molecule has 0 heterocycles. The van der Waals surface area contributed by atoms with Crippen molar-refractivity contribution in [1.82, 2.24) is 15.5 Å². The maximum atomic E-state index is 12.0. The molecule has 6 heteroatoms. The monoisotopic (exact) mass is 315 g/mol. The molecule has 130 valence electrons. The normalized spacial score (nSPS) is 15.9. The molecule has 0 aliphatic rings. The zero-order chi connectivity index (χ0) is 17.7. The lowest BCUT2D eigenvalue weighted by atomic mass is 9.97. The summed E-state index contributed by atoms with van der Waals surface area (Å²) >= 11 is 0. The Morgan fingerprint density at radius 1 is 1.05 bits per heavy atom. The molecule has 0 radical (unpaired) electrons. The van der Waals surface area contributed by atoms with Gasteiger partial charge in [-0.2, -0.15) is 0 Å². The molecule has 3 atom stereocenters. The average Bonchev–Trinajstić information content (AvgIpc) is 2.31. The van der Waals surface area contributed by atoms with Crippen molar-refractivity contribution in [3.63, 3.8) is 0 Å². The Kier molecular flexibility index (Phi) is 7.87. The van der Waals surface area contributed by atoms with Gasteiger partial charge in [0, 0.05) is 26.2 Å². The summed E-state index contributed by atoms with van der Waals surface area (Å²) in [6.45, 7) is 13.3. The third-order valence-electron chi connectivity index (χ3n) is 3.26. The molecule has 2 N–H and O–H groups in total. The first-order chi connectivity index (χ1) is 9.85. The van der Waals surface area contributed by atoms with Crippen molar-refractivity contribution < 1.29 is 14.3 Å². The Morgan fingerprint density at radius 2 is 1.55 bits per heavy atom. The lowest BCUT2D eigenvalue weighted by molar-refractivity contribution is -0.130. The molecule has 0 aromatic carbocycles. The molecule has 22 heavy (non-hydrogen) atoms. The van der Waals surface area contributed by atoms with E-state index in [1.807, 2.05) is 48.5 Å². The van der Waals surface area contributed by atoms with Crippen molar-refractivity contribution in [2.75, 3.05) is 14.1 Å². The highest BCUT2D eigenvalue weighted by molar-refractivity contribution is 5.81. The smallest absolute Gasteiger partial charge is 0.407 e. The van der Waals surface area contributed by atoms with Crippen molar-refractivity contribution in [3.05, 3.63) is 0 Å². The van der Waals surface area contributed by atoms with E-state index in [1.54, 1.807) is 19.0 Å². The lowest BCUT2D eigenvalue weighted by Gasteiger charge is -2.32. The third-order valence-corrected chi connectivity index (χ3v) is 3.26. The van der Waals surface area contributed by atoms with E-state index < -0.39 is 11.7 Å². The molecular weight excluding hydrogens is 282 g/mol. The summed E-state index contributed by atoms with van der Waals surface area (Å²) in [5.74, 6) is 0.211. The van der Waals surface area contributed by atoms with Gasteiger partial charge in [0.25, 0.3) is 0 Å². The maximum absolute atomic E-state index is 12.0. The van der Waals surface area contributed by atoms with Gasteiger partial charge in [0.05, 0.1) is 6.04 Å². The van der Waals surface area contributed by atoms with E-state index in [4.69, 9.17) is 4.74 Å². The Morgan fingerprint density at radius 3 is 1.91 bits per heavy atom. The van der Waals surface area contributed by atoms with Crippen LogP contribution in [0.3, 0.4) is 0 Å². The molecule has 0 saturated carbocycles. The zero-order valence-electron chi connectivity index (χ0n) is 15.5. The quantitative estimate of drug-likeness (QED) is 0.786. The molecule has 6 nitrogen and oxygen atoms in total. The summed E-state index contributed by atoms with van der Waals surface area (Å²) in [6.07, 6.45) is -0.438. The van der Waals surface area contributed by atoms with Crippen LogP contribution in [0, 0.1) is 5.92 Å². The Labute approximate surface area is 135 Å². The second-order valence-electron chi connectivity index (χ2n) is 7.33. The minimum Gasteiger partial charge on any atom is -0.444 e. The van der Waals surface area contributed by atoms with Gasteiger partial charge in [0.15, 0.2) is 0 Å². The first kappa shape index (κ1) is 20.7. The Hall–Kier alpha value is -1.30. The number of nitrogens with zero attached hydrogens (tertiary/aromatic N) is 1. The fourth-order valence-electron chi connectivity index (χ4n) is 2.27. The highest BCUT2D eigenvalue weighted by Crippen LogP contribution is 2.11. The van der Waals surface area contributed by atoms with E-state index in [9.17, 15) is 9.59 Å². The maximum Gasteiger partial charge on any atom is 0.407 e. The summed E-state index contributed by atoms with van der Waals surface area (Å²) in [4.78, 5) is 25.5. The van der Waals surface area contributed by atoms with Crippen molar-refractivity contribution in [1.29, 1.82) is 0 Å². The topological polar surface area (TPSA) is 70.7 Å². The number of rotatable bonds is 6. The average molecular weight is 315 g/mol. The fraction of sp³-hybridized carbons (Fsp3) is 0.875. The highest BCUT2D eigenvalue weighted by atomic mass is 16.6. The first-order valence-corrected chi connectivity index (χ1v) is 7.82. The van der Waals surface area contributed by atoms with E-state index in [0.717, 1.165) is 0 Å². The minimum atomic E-state index is -0.531. The molecule has 2 unspecified atom stereocenters. The van der Waals surface area contributed by atoms with Crippen LogP contribution >= 0.6 is 0 Å². The van der Waals surface area contributed by atoms with E-state index in [2.05, 4.69) is 10.6 Å². The minimum absolute atomic E-state index is 0.00613. The Balaban J connectivity index is 4.74. The van der Waals surface area contributed by atoms with Gasteiger partial charge >= 0.3 is 6.09 Å². The number of likely N-dealkylation sites (N-methyl/N-ethyl adjacent to an activating group) is 1. The summed E-state index contributed by atoms with van der Waals surface area (Å²) < 4.78 is 5.31. The van der Waals surface area contributed by atoms with Gasteiger partial charge in [-0.15, -0.1) is 0 Å². The van der Waals surface area contributed by atoms with E-state index in [-0.39, 0.29) is 30.0 Å². The second-order valence-corrected chi connectivity index (χ2v) is 7.33. The molecule has 0 aromatic heterocycles. The molecule has 0 saturated heterocycles. The van der Waals surface area contributed by atoms with Gasteiger partial charge in [0.2, 0.25) is 5.91 Å². The third kappa shape index (κ3) is 7.64. The van der Waals surface area contributed by atoms with Crippen LogP contribution in [-0.2, 0) is 9.53 Å². The van der Waals surface area contributed by atoms with Crippen LogP contribution < -0.4 is 10.6 Å². The van der Waals surface area contributed by atoms with Gasteiger partial charge in [-0.1, -0.05) is 13.8 Å². The number of carbonyl (C=O) groups is 2. The standard InChI is InChI=1S/C16H33N3O3/c1-10(2)13(18-15(21)22-16(5,6)7)11(3)17-12(4)14(20)19(8)9/h10-13,17H,1-9H3,(H,18,21)/t11?,12-,13?/m0/s1. The fourth-order valence-corrected chi connectivity index (χ4v) is 2.27. The van der Waals surface area contributed by atoms with Crippen LogP contribution in [0.15, 0.2) is 0 Å². The van der Waals surface area contributed by atoms with Crippen LogP contribution in [0.4, 0.5) is 4.79 Å². The number of hydrogen-bond donors (Lipinski definition) is 2. The molecule has 2 amide bonds. The van der Waals surface area contributed by atoms with Gasteiger partial charge in [0.1, 0.15) is 5.60 Å². The van der Waals surface area contributed by atoms with Crippen LogP contribution in [0.2, 0.25) is 0 Å². The number of amides is 2. The molecule has 0 fully saturated rings. The van der Waals surface area contributed by atoms with Crippen LogP contribution in [0.5, 0.6) is 0 Å². The number of ether oxygens (including phenoxy) is 1. The molecule has 0 bridgehead atoms. The molecule has 0 spiro atoms. The summed E-state index contributed by atoms with van der Waals surface area (Å²) in [7, 11) is 3.45. The zero-order valence-corrected chi connectivity index (χ0v) is 15.5. The van der Waals surface area contributed by atoms with E-state index in [0.29, 0.717) is 0 Å². The number of nitrogens with one attached hydrogen (secondary N) is 2. The molecular formula is C16H33N3O3. The van der Waals surface area contributed by atoms with Gasteiger partial charge in [-0.25, -0.2) is 4.79 Å². The van der Waals surface area contributed by atoms with Gasteiger partial charge in [-0.05, 0) is 40.5 Å². The Bertz CT molecular complexity index is 375. The van der Waals surface area contributed by atoms with Crippen molar-refractivity contribution in [3.8, 4) is 0 Å². The number of hydrogen-bond acceptors (Lipinski definition) is 4. The SMILES string of the molecule is CC(C)C(NC(=O)OC(C)(C)C)C(C)N[C@@H](C)C(=O)N(C)C. The van der Waals surface area contributed by atoms with Gasteiger partial charge in [-0.3, -0.25) is 4.79 Å². The predicted octanol–water partition coefficient (Wildman–Crippen LogP) is 1.99. The predicted molar refractivity (Wildman–Crippen MR) is 88.7 cm³/mol. The largest absolute Gasteiger partial charge is 0.444 e. The van der Waals surface area contributed by atoms with E-state index >= 15 is 0 Å². The summed E-state index contributed by atoms with van der Waals surface area (Å²) in [6, 6.07) is -0.509. The van der Waals surface area contributed by atoms with Gasteiger partial charge < -0.3 is 20.3 Å². The molecule has 0 aliphatic carbocycles. The van der Waals surface area contributed by atoms with E-state index in [1.165, 1.54) is 0 Å².